The van der Waals surface area contributed by atoms with Crippen LogP contribution in [-0.4, -0.2) is 5.11 Å². The predicted molar refractivity (Wildman–Crippen MR) is 67.8 cm³/mol. The van der Waals surface area contributed by atoms with Crippen LogP contribution in [0.15, 0.2) is 22.7 Å². The Kier molecular flexibility index (Phi) is 5.99. The van der Waals surface area contributed by atoms with Crippen LogP contribution in [-0.2, 0) is 0 Å². The molecule has 0 aromatic heterocycles. The van der Waals surface area contributed by atoms with E-state index in [-0.39, 0.29) is 5.82 Å². The topological polar surface area (TPSA) is 20.2 Å². The van der Waals surface area contributed by atoms with E-state index in [0.717, 1.165) is 12.8 Å². The van der Waals surface area contributed by atoms with E-state index in [9.17, 15) is 9.50 Å². The largest absolute Gasteiger partial charge is 0.388 e. The van der Waals surface area contributed by atoms with Gasteiger partial charge in [0, 0.05) is 0 Å². The molecule has 1 rings (SSSR count). The zero-order valence-corrected chi connectivity index (χ0v) is 11.1. The Hall–Kier alpha value is -0.410. The second-order valence-corrected chi connectivity index (χ2v) is 4.80. The standard InChI is InChI=1S/C13H18BrFO/c1-2-3-4-5-9-12(16)10-7-6-8-11(15)13(10)14/h6-8,12,16H,2-5,9H2,1H3. The summed E-state index contributed by atoms with van der Waals surface area (Å²) in [6, 6.07) is 4.78. The number of rotatable bonds is 6. The summed E-state index contributed by atoms with van der Waals surface area (Å²) in [7, 11) is 0. The maximum absolute atomic E-state index is 13.2. The number of aliphatic hydroxyl groups is 1. The third-order valence-electron chi connectivity index (χ3n) is 2.67. The molecule has 90 valence electrons. The molecule has 0 saturated heterocycles. The van der Waals surface area contributed by atoms with Crippen LogP contribution in [0, 0.1) is 5.82 Å². The summed E-state index contributed by atoms with van der Waals surface area (Å²) in [5, 5.41) is 9.93. The van der Waals surface area contributed by atoms with E-state index in [1.807, 2.05) is 0 Å². The molecule has 0 heterocycles. The van der Waals surface area contributed by atoms with E-state index in [1.54, 1.807) is 12.1 Å². The molecule has 3 heteroatoms. The van der Waals surface area contributed by atoms with E-state index in [0.29, 0.717) is 16.5 Å². The van der Waals surface area contributed by atoms with Gasteiger partial charge in [0.1, 0.15) is 5.82 Å². The monoisotopic (exact) mass is 288 g/mol. The Labute approximate surface area is 105 Å². The SMILES string of the molecule is CCCCCCC(O)c1cccc(F)c1Br. The Morgan fingerprint density at radius 3 is 2.75 bits per heavy atom. The van der Waals surface area contributed by atoms with Gasteiger partial charge in [0.2, 0.25) is 0 Å². The lowest BCUT2D eigenvalue weighted by molar-refractivity contribution is 0.162. The first-order chi connectivity index (χ1) is 7.66. The maximum Gasteiger partial charge on any atom is 0.137 e. The molecule has 0 fully saturated rings. The second-order valence-electron chi connectivity index (χ2n) is 4.01. The van der Waals surface area contributed by atoms with Crippen LogP contribution in [0.2, 0.25) is 0 Å². The number of unbranched alkanes of at least 4 members (excludes halogenated alkanes) is 3. The highest BCUT2D eigenvalue weighted by Crippen LogP contribution is 2.29. The highest BCUT2D eigenvalue weighted by molar-refractivity contribution is 9.10. The summed E-state index contributed by atoms with van der Waals surface area (Å²) in [6.07, 6.45) is 4.61. The summed E-state index contributed by atoms with van der Waals surface area (Å²) >= 11 is 3.17. The Bertz CT molecular complexity index is 328. The molecular weight excluding hydrogens is 271 g/mol. The average Bonchev–Trinajstić information content (AvgIpc) is 2.28. The minimum atomic E-state index is -0.568. The van der Waals surface area contributed by atoms with Crippen LogP contribution in [0.5, 0.6) is 0 Å². The van der Waals surface area contributed by atoms with Gasteiger partial charge in [-0.05, 0) is 34.0 Å². The molecule has 16 heavy (non-hydrogen) atoms. The van der Waals surface area contributed by atoms with Crippen molar-refractivity contribution in [2.45, 2.75) is 45.1 Å². The van der Waals surface area contributed by atoms with Crippen molar-refractivity contribution < 1.29 is 9.50 Å². The first-order valence-electron chi connectivity index (χ1n) is 5.78. The quantitative estimate of drug-likeness (QED) is 0.759. The molecule has 0 bridgehead atoms. The van der Waals surface area contributed by atoms with Crippen LogP contribution < -0.4 is 0 Å². The lowest BCUT2D eigenvalue weighted by atomic mass is 10.0. The first kappa shape index (κ1) is 13.7. The van der Waals surface area contributed by atoms with Gasteiger partial charge in [0.15, 0.2) is 0 Å². The van der Waals surface area contributed by atoms with Crippen molar-refractivity contribution >= 4 is 15.9 Å². The summed E-state index contributed by atoms with van der Waals surface area (Å²) < 4.78 is 13.6. The molecule has 0 radical (unpaired) electrons. The molecule has 0 aliphatic carbocycles. The lowest BCUT2D eigenvalue weighted by Gasteiger charge is -2.12. The fourth-order valence-corrected chi connectivity index (χ4v) is 2.23. The Morgan fingerprint density at radius 1 is 1.31 bits per heavy atom. The number of benzene rings is 1. The Morgan fingerprint density at radius 2 is 2.06 bits per heavy atom. The molecule has 1 atom stereocenters. The zero-order valence-electron chi connectivity index (χ0n) is 9.55. The zero-order chi connectivity index (χ0) is 12.0. The smallest absolute Gasteiger partial charge is 0.137 e. The minimum Gasteiger partial charge on any atom is -0.388 e. The molecule has 0 spiro atoms. The number of hydrogen-bond donors (Lipinski definition) is 1. The van der Waals surface area contributed by atoms with Gasteiger partial charge in [-0.2, -0.15) is 0 Å². The molecular formula is C13H18BrFO. The van der Waals surface area contributed by atoms with E-state index in [1.165, 1.54) is 18.9 Å². The highest BCUT2D eigenvalue weighted by Gasteiger charge is 2.13. The van der Waals surface area contributed by atoms with E-state index in [2.05, 4.69) is 22.9 Å². The summed E-state index contributed by atoms with van der Waals surface area (Å²) in [5.41, 5.74) is 0.650. The van der Waals surface area contributed by atoms with Gasteiger partial charge in [-0.1, -0.05) is 44.7 Å². The molecule has 0 aliphatic rings. The number of hydrogen-bond acceptors (Lipinski definition) is 1. The van der Waals surface area contributed by atoms with Crippen LogP contribution >= 0.6 is 15.9 Å². The predicted octanol–water partition coefficient (Wildman–Crippen LogP) is 4.59. The molecule has 0 saturated carbocycles. The van der Waals surface area contributed by atoms with Crippen LogP contribution in [0.4, 0.5) is 4.39 Å². The molecule has 1 aromatic rings. The maximum atomic E-state index is 13.2. The third kappa shape index (κ3) is 3.87. The average molecular weight is 289 g/mol. The highest BCUT2D eigenvalue weighted by atomic mass is 79.9. The van der Waals surface area contributed by atoms with Crippen molar-refractivity contribution in [1.82, 2.24) is 0 Å². The summed E-state index contributed by atoms with van der Waals surface area (Å²) in [4.78, 5) is 0. The van der Waals surface area contributed by atoms with Gasteiger partial charge in [-0.15, -0.1) is 0 Å². The van der Waals surface area contributed by atoms with Crippen molar-refractivity contribution in [3.05, 3.63) is 34.1 Å². The van der Waals surface area contributed by atoms with Crippen molar-refractivity contribution in [2.75, 3.05) is 0 Å². The van der Waals surface area contributed by atoms with Crippen molar-refractivity contribution in [1.29, 1.82) is 0 Å². The van der Waals surface area contributed by atoms with Gasteiger partial charge < -0.3 is 5.11 Å². The van der Waals surface area contributed by atoms with E-state index < -0.39 is 6.10 Å². The van der Waals surface area contributed by atoms with Gasteiger partial charge in [-0.3, -0.25) is 0 Å². The fourth-order valence-electron chi connectivity index (χ4n) is 1.70. The number of halogens is 2. The van der Waals surface area contributed by atoms with Gasteiger partial charge in [0.05, 0.1) is 10.6 Å². The summed E-state index contributed by atoms with van der Waals surface area (Å²) in [6.45, 7) is 2.15. The van der Waals surface area contributed by atoms with Crippen LogP contribution in [0.3, 0.4) is 0 Å². The van der Waals surface area contributed by atoms with Crippen LogP contribution in [0.1, 0.15) is 50.7 Å². The summed E-state index contributed by atoms with van der Waals surface area (Å²) in [5.74, 6) is -0.315. The lowest BCUT2D eigenvalue weighted by Crippen LogP contribution is -1.99. The Balaban J connectivity index is 2.52. The van der Waals surface area contributed by atoms with Crippen LogP contribution in [0.25, 0.3) is 0 Å². The van der Waals surface area contributed by atoms with Gasteiger partial charge in [0.25, 0.3) is 0 Å². The number of aliphatic hydroxyl groups excluding tert-OH is 1. The normalized spacial score (nSPS) is 12.8. The van der Waals surface area contributed by atoms with Crippen molar-refractivity contribution in [2.24, 2.45) is 0 Å². The minimum absolute atomic E-state index is 0.315. The van der Waals surface area contributed by atoms with Crippen molar-refractivity contribution in [3.8, 4) is 0 Å². The molecule has 1 aromatic carbocycles. The molecule has 0 amide bonds. The van der Waals surface area contributed by atoms with Gasteiger partial charge in [-0.25, -0.2) is 4.39 Å². The molecule has 1 unspecified atom stereocenters. The van der Waals surface area contributed by atoms with E-state index in [4.69, 9.17) is 0 Å². The molecule has 1 nitrogen and oxygen atoms in total. The van der Waals surface area contributed by atoms with Crippen molar-refractivity contribution in [3.63, 3.8) is 0 Å². The third-order valence-corrected chi connectivity index (χ3v) is 3.51. The molecule has 1 N–H and O–H groups in total. The molecule has 0 aliphatic heterocycles. The fraction of sp³-hybridized carbons (Fsp3) is 0.538. The first-order valence-corrected chi connectivity index (χ1v) is 6.58. The van der Waals surface area contributed by atoms with E-state index >= 15 is 0 Å². The van der Waals surface area contributed by atoms with Gasteiger partial charge >= 0.3 is 0 Å². The second kappa shape index (κ2) is 7.02.